The quantitative estimate of drug-likeness (QED) is 0.628. The van der Waals surface area contributed by atoms with Crippen LogP contribution in [0.15, 0.2) is 52.2 Å². The fraction of sp³-hybridized carbons (Fsp3) is 0.200. The van der Waals surface area contributed by atoms with Gasteiger partial charge in [0.05, 0.1) is 0 Å². The van der Waals surface area contributed by atoms with Crippen LogP contribution in [0.5, 0.6) is 11.5 Å². The predicted molar refractivity (Wildman–Crippen MR) is 108 cm³/mol. The fourth-order valence-corrected chi connectivity index (χ4v) is 4.43. The van der Waals surface area contributed by atoms with Gasteiger partial charge in [-0.3, -0.25) is 4.79 Å². The van der Waals surface area contributed by atoms with E-state index in [2.05, 4.69) is 10.3 Å². The van der Waals surface area contributed by atoms with Crippen LogP contribution < -0.4 is 14.8 Å². The van der Waals surface area contributed by atoms with Gasteiger partial charge in [-0.1, -0.05) is 23.9 Å². The van der Waals surface area contributed by atoms with Crippen molar-refractivity contribution < 1.29 is 14.3 Å². The van der Waals surface area contributed by atoms with Crippen molar-refractivity contribution in [2.75, 3.05) is 18.5 Å². The summed E-state index contributed by atoms with van der Waals surface area (Å²) in [4.78, 5) is 16.9. The highest BCUT2D eigenvalue weighted by Gasteiger charge is 2.13. The molecule has 2 aromatic carbocycles. The van der Waals surface area contributed by atoms with Gasteiger partial charge in [-0.15, -0.1) is 11.3 Å². The Bertz CT molecular complexity index is 954. The van der Waals surface area contributed by atoms with Gasteiger partial charge in [0, 0.05) is 34.1 Å². The van der Waals surface area contributed by atoms with E-state index in [1.807, 2.05) is 48.7 Å². The van der Waals surface area contributed by atoms with E-state index in [4.69, 9.17) is 9.47 Å². The zero-order valence-corrected chi connectivity index (χ0v) is 16.4. The number of thioether (sulfide) groups is 1. The highest BCUT2D eigenvalue weighted by Crippen LogP contribution is 2.32. The number of amides is 1. The number of hydrogen-bond donors (Lipinski definition) is 1. The van der Waals surface area contributed by atoms with Crippen LogP contribution in [0.1, 0.15) is 21.6 Å². The van der Waals surface area contributed by atoms with E-state index < -0.39 is 0 Å². The van der Waals surface area contributed by atoms with Crippen LogP contribution in [0, 0.1) is 6.92 Å². The summed E-state index contributed by atoms with van der Waals surface area (Å²) in [6.07, 6.45) is 0. The molecule has 0 atom stereocenters. The smallest absolute Gasteiger partial charge is 0.255 e. The number of nitrogens with zero attached hydrogens (tertiary/aromatic N) is 1. The first-order chi connectivity index (χ1) is 13.2. The maximum atomic E-state index is 12.5. The Kier molecular flexibility index (Phi) is 5.31. The molecule has 1 aliphatic heterocycles. The second-order valence-electron chi connectivity index (χ2n) is 6.05. The lowest BCUT2D eigenvalue weighted by molar-refractivity contribution is 0.102. The van der Waals surface area contributed by atoms with Crippen molar-refractivity contribution >= 4 is 34.7 Å². The third-order valence-corrected chi connectivity index (χ3v) is 6.19. The van der Waals surface area contributed by atoms with Crippen molar-refractivity contribution in [1.82, 2.24) is 4.98 Å². The predicted octanol–water partition coefficient (Wildman–Crippen LogP) is 4.77. The molecule has 2 heterocycles. The van der Waals surface area contributed by atoms with Crippen molar-refractivity contribution in [1.29, 1.82) is 0 Å². The van der Waals surface area contributed by atoms with Crippen LogP contribution in [-0.2, 0) is 5.75 Å². The number of benzene rings is 2. The molecule has 0 saturated carbocycles. The Hall–Kier alpha value is -2.51. The monoisotopic (exact) mass is 398 g/mol. The number of hydrogen-bond acceptors (Lipinski definition) is 6. The molecule has 138 valence electrons. The molecule has 0 bridgehead atoms. The Balaban J connectivity index is 1.37. The minimum atomic E-state index is -0.151. The van der Waals surface area contributed by atoms with Gasteiger partial charge < -0.3 is 14.8 Å². The van der Waals surface area contributed by atoms with Crippen LogP contribution in [-0.4, -0.2) is 24.1 Å². The minimum absolute atomic E-state index is 0.151. The average molecular weight is 399 g/mol. The summed E-state index contributed by atoms with van der Waals surface area (Å²) in [5.41, 5.74) is 3.50. The molecule has 3 aromatic rings. The molecule has 0 unspecified atom stereocenters. The summed E-state index contributed by atoms with van der Waals surface area (Å²) in [7, 11) is 0. The summed E-state index contributed by atoms with van der Waals surface area (Å²) < 4.78 is 12.1. The number of ether oxygens (including phenoxy) is 2. The minimum Gasteiger partial charge on any atom is -0.486 e. The molecule has 4 rings (SSSR count). The highest BCUT2D eigenvalue weighted by atomic mass is 32.2. The maximum Gasteiger partial charge on any atom is 0.255 e. The van der Waals surface area contributed by atoms with Gasteiger partial charge in [0.2, 0.25) is 0 Å². The largest absolute Gasteiger partial charge is 0.486 e. The number of anilines is 1. The fourth-order valence-electron chi connectivity index (χ4n) is 2.62. The zero-order chi connectivity index (χ0) is 18.6. The number of aromatic nitrogens is 1. The van der Waals surface area contributed by atoms with Gasteiger partial charge in [0.15, 0.2) is 11.5 Å². The Morgan fingerprint density at radius 1 is 1.15 bits per heavy atom. The Labute approximate surface area is 165 Å². The van der Waals surface area contributed by atoms with Crippen LogP contribution in [0.4, 0.5) is 5.69 Å². The van der Waals surface area contributed by atoms with Gasteiger partial charge in [-0.2, -0.15) is 0 Å². The van der Waals surface area contributed by atoms with E-state index in [0.29, 0.717) is 36.0 Å². The lowest BCUT2D eigenvalue weighted by atomic mass is 10.1. The van der Waals surface area contributed by atoms with Crippen molar-refractivity contribution in [3.63, 3.8) is 0 Å². The van der Waals surface area contributed by atoms with E-state index in [0.717, 1.165) is 21.3 Å². The zero-order valence-electron chi connectivity index (χ0n) is 14.7. The van der Waals surface area contributed by atoms with E-state index in [1.165, 1.54) is 0 Å². The van der Waals surface area contributed by atoms with Gasteiger partial charge >= 0.3 is 0 Å². The summed E-state index contributed by atoms with van der Waals surface area (Å²) in [5, 5.41) is 4.95. The second-order valence-corrected chi connectivity index (χ2v) is 8.13. The molecule has 0 radical (unpaired) electrons. The van der Waals surface area contributed by atoms with Crippen molar-refractivity contribution in [2.45, 2.75) is 17.0 Å². The molecule has 0 fully saturated rings. The Morgan fingerprint density at radius 2 is 1.93 bits per heavy atom. The first-order valence-corrected chi connectivity index (χ1v) is 10.4. The van der Waals surface area contributed by atoms with E-state index in [9.17, 15) is 4.79 Å². The molecule has 0 spiro atoms. The van der Waals surface area contributed by atoms with Crippen LogP contribution in [0.25, 0.3) is 0 Å². The molecule has 0 saturated heterocycles. The van der Waals surface area contributed by atoms with Crippen LogP contribution in [0.3, 0.4) is 0 Å². The molecule has 1 aromatic heterocycles. The van der Waals surface area contributed by atoms with E-state index >= 15 is 0 Å². The molecule has 7 heteroatoms. The lowest BCUT2D eigenvalue weighted by Gasteiger charge is -2.19. The molecule has 1 aliphatic rings. The third kappa shape index (κ3) is 4.43. The Morgan fingerprint density at radius 3 is 2.67 bits per heavy atom. The number of thiazole rings is 1. The number of nitrogens with one attached hydrogen (secondary N) is 1. The first-order valence-electron chi connectivity index (χ1n) is 8.52. The molecule has 1 N–H and O–H groups in total. The van der Waals surface area contributed by atoms with Gasteiger partial charge in [0.1, 0.15) is 17.6 Å². The number of carbonyl (C=O) groups excluding carboxylic acids is 1. The third-order valence-electron chi connectivity index (χ3n) is 3.98. The standard InChI is InChI=1S/C20H18N2O3S2/c1-13-11-26-20(21-13)27-12-14-2-4-15(5-3-14)19(23)22-16-6-7-17-18(10-16)25-9-8-24-17/h2-7,10-11H,8-9,12H2,1H3,(H,22,23). The number of rotatable bonds is 5. The van der Waals surface area contributed by atoms with Gasteiger partial charge in [0.25, 0.3) is 5.91 Å². The maximum absolute atomic E-state index is 12.5. The average Bonchev–Trinajstić information content (AvgIpc) is 3.12. The summed E-state index contributed by atoms with van der Waals surface area (Å²) in [6, 6.07) is 13.1. The first kappa shape index (κ1) is 17.9. The van der Waals surface area contributed by atoms with Crippen LogP contribution in [0.2, 0.25) is 0 Å². The lowest BCUT2D eigenvalue weighted by Crippen LogP contribution is -2.16. The van der Waals surface area contributed by atoms with Crippen molar-refractivity contribution in [2.24, 2.45) is 0 Å². The van der Waals surface area contributed by atoms with Crippen molar-refractivity contribution in [3.05, 3.63) is 64.7 Å². The summed E-state index contributed by atoms with van der Waals surface area (Å²) >= 11 is 3.36. The number of aryl methyl sites for hydroxylation is 1. The van der Waals surface area contributed by atoms with Crippen LogP contribution >= 0.6 is 23.1 Å². The topological polar surface area (TPSA) is 60.5 Å². The number of carbonyl (C=O) groups is 1. The highest BCUT2D eigenvalue weighted by molar-refractivity contribution is 8.00. The molecule has 5 nitrogen and oxygen atoms in total. The molecule has 1 amide bonds. The van der Waals surface area contributed by atoms with Gasteiger partial charge in [-0.05, 0) is 36.8 Å². The molecule has 0 aliphatic carbocycles. The normalized spacial score (nSPS) is 12.6. The summed E-state index contributed by atoms with van der Waals surface area (Å²) in [6.45, 7) is 3.06. The SMILES string of the molecule is Cc1csc(SCc2ccc(C(=O)Nc3ccc4c(c3)OCCO4)cc2)n1. The van der Waals surface area contributed by atoms with E-state index in [-0.39, 0.29) is 5.91 Å². The second kappa shape index (κ2) is 8.02. The van der Waals surface area contributed by atoms with Gasteiger partial charge in [-0.25, -0.2) is 4.98 Å². The summed E-state index contributed by atoms with van der Waals surface area (Å²) in [5.74, 6) is 2.04. The molecular formula is C20H18N2O3S2. The molecular weight excluding hydrogens is 380 g/mol. The number of fused-ring (bicyclic) bond motifs is 1. The van der Waals surface area contributed by atoms with Crippen molar-refractivity contribution in [3.8, 4) is 11.5 Å². The molecule has 27 heavy (non-hydrogen) atoms. The van der Waals surface area contributed by atoms with E-state index in [1.54, 1.807) is 29.2 Å².